The summed E-state index contributed by atoms with van der Waals surface area (Å²) in [5.74, 6) is 1.01. The molecule has 0 amide bonds. The van der Waals surface area contributed by atoms with Crippen LogP contribution in [0, 0.1) is 5.92 Å². The van der Waals surface area contributed by atoms with E-state index < -0.39 is 0 Å². The highest BCUT2D eigenvalue weighted by molar-refractivity contribution is 4.68. The lowest BCUT2D eigenvalue weighted by atomic mass is 9.93. The van der Waals surface area contributed by atoms with Crippen LogP contribution in [0.15, 0.2) is 0 Å². The zero-order valence-corrected chi connectivity index (χ0v) is 8.47. The summed E-state index contributed by atoms with van der Waals surface area (Å²) in [6, 6.07) is 0. The standard InChI is InChI=1S/C10H22N2/c1-12(2)9-3-4-10-5-7-11-8-6-10/h10-11H,3-9H2,1-2H3. The zero-order valence-electron chi connectivity index (χ0n) is 8.47. The van der Waals surface area contributed by atoms with E-state index in [-0.39, 0.29) is 0 Å². The average Bonchev–Trinajstić information content (AvgIpc) is 2.05. The minimum Gasteiger partial charge on any atom is -0.317 e. The fourth-order valence-electron chi connectivity index (χ4n) is 1.87. The molecule has 0 unspecified atom stereocenters. The Kier molecular flexibility index (Phi) is 4.62. The van der Waals surface area contributed by atoms with Crippen molar-refractivity contribution in [1.29, 1.82) is 0 Å². The van der Waals surface area contributed by atoms with Gasteiger partial charge in [0, 0.05) is 0 Å². The van der Waals surface area contributed by atoms with Crippen LogP contribution in [0.25, 0.3) is 0 Å². The SMILES string of the molecule is CN(C)CCCC1CCNCC1. The van der Waals surface area contributed by atoms with Gasteiger partial charge >= 0.3 is 0 Å². The molecular formula is C10H22N2. The van der Waals surface area contributed by atoms with Crippen molar-refractivity contribution in [1.82, 2.24) is 10.2 Å². The molecule has 1 saturated heterocycles. The van der Waals surface area contributed by atoms with E-state index in [2.05, 4.69) is 24.3 Å². The number of nitrogens with zero attached hydrogens (tertiary/aromatic N) is 1. The second-order valence-corrected chi connectivity index (χ2v) is 4.14. The molecule has 1 fully saturated rings. The van der Waals surface area contributed by atoms with Gasteiger partial charge in [-0.15, -0.1) is 0 Å². The Hall–Kier alpha value is -0.0800. The molecule has 0 aromatic heterocycles. The van der Waals surface area contributed by atoms with E-state index in [1.54, 1.807) is 0 Å². The second kappa shape index (κ2) is 5.55. The Balaban J connectivity index is 1.98. The predicted molar refractivity (Wildman–Crippen MR) is 53.4 cm³/mol. The van der Waals surface area contributed by atoms with E-state index in [4.69, 9.17) is 0 Å². The number of hydrogen-bond donors (Lipinski definition) is 1. The van der Waals surface area contributed by atoms with Crippen molar-refractivity contribution in [2.75, 3.05) is 33.7 Å². The Morgan fingerprint density at radius 1 is 1.25 bits per heavy atom. The predicted octanol–water partition coefficient (Wildman–Crippen LogP) is 1.33. The Labute approximate surface area is 76.3 Å². The number of rotatable bonds is 4. The van der Waals surface area contributed by atoms with Gasteiger partial charge in [-0.1, -0.05) is 0 Å². The highest BCUT2D eigenvalue weighted by atomic mass is 15.0. The summed E-state index contributed by atoms with van der Waals surface area (Å²) in [6.45, 7) is 3.74. The van der Waals surface area contributed by atoms with Crippen molar-refractivity contribution in [3.8, 4) is 0 Å². The molecule has 0 saturated carbocycles. The third kappa shape index (κ3) is 4.07. The van der Waals surface area contributed by atoms with Gasteiger partial charge in [0.2, 0.25) is 0 Å². The van der Waals surface area contributed by atoms with E-state index in [1.165, 1.54) is 45.3 Å². The Morgan fingerprint density at radius 3 is 2.50 bits per heavy atom. The van der Waals surface area contributed by atoms with Gasteiger partial charge in [-0.2, -0.15) is 0 Å². The largest absolute Gasteiger partial charge is 0.317 e. The number of piperidine rings is 1. The minimum atomic E-state index is 1.01. The van der Waals surface area contributed by atoms with Gasteiger partial charge in [-0.3, -0.25) is 0 Å². The van der Waals surface area contributed by atoms with Gasteiger partial charge in [0.15, 0.2) is 0 Å². The van der Waals surface area contributed by atoms with Gasteiger partial charge in [0.05, 0.1) is 0 Å². The number of nitrogens with one attached hydrogen (secondary N) is 1. The molecular weight excluding hydrogens is 148 g/mol. The first-order valence-corrected chi connectivity index (χ1v) is 5.14. The Bertz CT molecular complexity index is 106. The maximum Gasteiger partial charge on any atom is -0.00247 e. The third-order valence-corrected chi connectivity index (χ3v) is 2.68. The first-order valence-electron chi connectivity index (χ1n) is 5.14. The smallest absolute Gasteiger partial charge is 0.00247 e. The molecule has 1 aliphatic rings. The van der Waals surface area contributed by atoms with E-state index in [0.717, 1.165) is 5.92 Å². The summed E-state index contributed by atoms with van der Waals surface area (Å²) in [6.07, 6.45) is 5.60. The van der Waals surface area contributed by atoms with Crippen LogP contribution in [-0.4, -0.2) is 38.6 Å². The molecule has 0 bridgehead atoms. The molecule has 0 aliphatic carbocycles. The van der Waals surface area contributed by atoms with Crippen molar-refractivity contribution in [3.63, 3.8) is 0 Å². The highest BCUT2D eigenvalue weighted by Crippen LogP contribution is 2.17. The molecule has 12 heavy (non-hydrogen) atoms. The van der Waals surface area contributed by atoms with Crippen LogP contribution in [0.1, 0.15) is 25.7 Å². The molecule has 0 aromatic carbocycles. The quantitative estimate of drug-likeness (QED) is 0.684. The van der Waals surface area contributed by atoms with Crippen LogP contribution in [0.2, 0.25) is 0 Å². The van der Waals surface area contributed by atoms with Crippen LogP contribution in [0.5, 0.6) is 0 Å². The van der Waals surface area contributed by atoms with Crippen LogP contribution in [0.3, 0.4) is 0 Å². The fourth-order valence-corrected chi connectivity index (χ4v) is 1.87. The highest BCUT2D eigenvalue weighted by Gasteiger charge is 2.11. The van der Waals surface area contributed by atoms with Crippen molar-refractivity contribution in [2.24, 2.45) is 5.92 Å². The van der Waals surface area contributed by atoms with Crippen LogP contribution in [0.4, 0.5) is 0 Å². The molecule has 1 rings (SSSR count). The molecule has 1 heterocycles. The van der Waals surface area contributed by atoms with E-state index in [9.17, 15) is 0 Å². The lowest BCUT2D eigenvalue weighted by Crippen LogP contribution is -2.28. The van der Waals surface area contributed by atoms with Gasteiger partial charge in [-0.05, 0) is 65.3 Å². The normalized spacial score (nSPS) is 20.2. The molecule has 1 aliphatic heterocycles. The average molecular weight is 170 g/mol. The lowest BCUT2D eigenvalue weighted by Gasteiger charge is -2.22. The van der Waals surface area contributed by atoms with Crippen LogP contribution in [-0.2, 0) is 0 Å². The molecule has 2 heteroatoms. The van der Waals surface area contributed by atoms with Gasteiger partial charge in [0.25, 0.3) is 0 Å². The second-order valence-electron chi connectivity index (χ2n) is 4.14. The summed E-state index contributed by atoms with van der Waals surface area (Å²) in [5.41, 5.74) is 0. The fraction of sp³-hybridized carbons (Fsp3) is 1.00. The summed E-state index contributed by atoms with van der Waals surface area (Å²) < 4.78 is 0. The van der Waals surface area contributed by atoms with Crippen LogP contribution >= 0.6 is 0 Å². The van der Waals surface area contributed by atoms with Crippen molar-refractivity contribution in [3.05, 3.63) is 0 Å². The molecule has 1 N–H and O–H groups in total. The molecule has 0 aromatic rings. The summed E-state index contributed by atoms with van der Waals surface area (Å²) in [5, 5.41) is 3.40. The molecule has 0 atom stereocenters. The molecule has 0 spiro atoms. The maximum atomic E-state index is 3.40. The van der Waals surface area contributed by atoms with E-state index >= 15 is 0 Å². The van der Waals surface area contributed by atoms with Gasteiger partial charge in [0.1, 0.15) is 0 Å². The van der Waals surface area contributed by atoms with Gasteiger partial charge in [-0.25, -0.2) is 0 Å². The first kappa shape index (κ1) is 10.0. The molecule has 0 radical (unpaired) electrons. The molecule has 2 nitrogen and oxygen atoms in total. The molecule has 72 valence electrons. The van der Waals surface area contributed by atoms with E-state index in [1.807, 2.05) is 0 Å². The maximum absolute atomic E-state index is 3.40. The van der Waals surface area contributed by atoms with Crippen molar-refractivity contribution in [2.45, 2.75) is 25.7 Å². The summed E-state index contributed by atoms with van der Waals surface area (Å²) in [7, 11) is 4.31. The van der Waals surface area contributed by atoms with Gasteiger partial charge < -0.3 is 10.2 Å². The summed E-state index contributed by atoms with van der Waals surface area (Å²) >= 11 is 0. The summed E-state index contributed by atoms with van der Waals surface area (Å²) in [4.78, 5) is 2.28. The number of hydrogen-bond acceptors (Lipinski definition) is 2. The topological polar surface area (TPSA) is 15.3 Å². The minimum absolute atomic E-state index is 1.01. The van der Waals surface area contributed by atoms with Crippen molar-refractivity contribution < 1.29 is 0 Å². The van der Waals surface area contributed by atoms with Crippen molar-refractivity contribution >= 4 is 0 Å². The zero-order chi connectivity index (χ0) is 8.81. The van der Waals surface area contributed by atoms with E-state index in [0.29, 0.717) is 0 Å². The third-order valence-electron chi connectivity index (χ3n) is 2.68. The first-order chi connectivity index (χ1) is 5.79. The monoisotopic (exact) mass is 170 g/mol. The van der Waals surface area contributed by atoms with Crippen LogP contribution < -0.4 is 5.32 Å². The lowest BCUT2D eigenvalue weighted by molar-refractivity contribution is 0.317. The Morgan fingerprint density at radius 2 is 1.92 bits per heavy atom.